The lowest BCUT2D eigenvalue weighted by atomic mass is 9.93. The molecule has 156 valence electrons. The van der Waals surface area contributed by atoms with Crippen LogP contribution in [-0.2, 0) is 4.74 Å². The molecule has 0 amide bonds. The zero-order valence-electron chi connectivity index (χ0n) is 17.1. The average molecular weight is 405 g/mol. The van der Waals surface area contributed by atoms with Crippen molar-refractivity contribution >= 4 is 22.4 Å². The van der Waals surface area contributed by atoms with Crippen molar-refractivity contribution in [2.75, 3.05) is 36.5 Å². The van der Waals surface area contributed by atoms with Crippen molar-refractivity contribution in [3.8, 4) is 11.3 Å². The Hall–Kier alpha value is -2.70. The molecule has 0 unspecified atom stereocenters. The maximum Gasteiger partial charge on any atom is 0.136 e. The Morgan fingerprint density at radius 3 is 2.53 bits per heavy atom. The third-order valence-electron chi connectivity index (χ3n) is 6.18. The summed E-state index contributed by atoms with van der Waals surface area (Å²) in [5, 5.41) is 14.5. The van der Waals surface area contributed by atoms with Crippen molar-refractivity contribution in [3.63, 3.8) is 0 Å². The zero-order valence-corrected chi connectivity index (χ0v) is 17.1. The summed E-state index contributed by atoms with van der Waals surface area (Å²) in [7, 11) is 0. The van der Waals surface area contributed by atoms with Crippen molar-refractivity contribution in [1.29, 1.82) is 0 Å². The number of ether oxygens (including phenoxy) is 1. The van der Waals surface area contributed by atoms with Gasteiger partial charge in [0.1, 0.15) is 5.82 Å². The highest BCUT2D eigenvalue weighted by atomic mass is 16.5. The Morgan fingerprint density at radius 1 is 1.00 bits per heavy atom. The van der Waals surface area contributed by atoms with Gasteiger partial charge in [0.15, 0.2) is 0 Å². The van der Waals surface area contributed by atoms with Gasteiger partial charge in [-0.2, -0.15) is 0 Å². The highest BCUT2D eigenvalue weighted by molar-refractivity contribution is 5.92. The highest BCUT2D eigenvalue weighted by Gasteiger charge is 2.21. The summed E-state index contributed by atoms with van der Waals surface area (Å²) in [5.74, 6) is 0.884. The SMILES string of the molecule is O[C@H]1CC[C@@H](Nc2nc(-c3ccc(N4CCOCC4)cc3)cc3ncccc23)CC1. The van der Waals surface area contributed by atoms with Crippen LogP contribution in [0.25, 0.3) is 22.2 Å². The number of hydrogen-bond acceptors (Lipinski definition) is 6. The van der Waals surface area contributed by atoms with Crippen molar-refractivity contribution in [2.24, 2.45) is 0 Å². The van der Waals surface area contributed by atoms with E-state index in [1.807, 2.05) is 12.3 Å². The fraction of sp³-hybridized carbons (Fsp3) is 0.417. The van der Waals surface area contributed by atoms with E-state index in [-0.39, 0.29) is 6.10 Å². The first-order valence-corrected chi connectivity index (χ1v) is 10.9. The number of benzene rings is 1. The van der Waals surface area contributed by atoms with Crippen LogP contribution < -0.4 is 10.2 Å². The predicted octanol–water partition coefficient (Wildman–Crippen LogP) is 3.85. The summed E-state index contributed by atoms with van der Waals surface area (Å²) in [4.78, 5) is 11.9. The van der Waals surface area contributed by atoms with E-state index in [2.05, 4.69) is 51.6 Å². The van der Waals surface area contributed by atoms with E-state index in [9.17, 15) is 5.11 Å². The van der Waals surface area contributed by atoms with E-state index in [0.717, 1.165) is 80.0 Å². The number of aromatic nitrogens is 2. The first kappa shape index (κ1) is 19.3. The van der Waals surface area contributed by atoms with E-state index >= 15 is 0 Å². The smallest absolute Gasteiger partial charge is 0.136 e. The molecule has 2 aromatic heterocycles. The second-order valence-corrected chi connectivity index (χ2v) is 8.22. The number of rotatable bonds is 4. The first-order chi connectivity index (χ1) is 14.8. The predicted molar refractivity (Wildman–Crippen MR) is 120 cm³/mol. The molecule has 0 atom stereocenters. The molecule has 6 nitrogen and oxygen atoms in total. The van der Waals surface area contributed by atoms with Crippen molar-refractivity contribution < 1.29 is 9.84 Å². The molecule has 0 radical (unpaired) electrons. The molecule has 2 N–H and O–H groups in total. The molecule has 1 aliphatic heterocycles. The molecular formula is C24H28N4O2. The lowest BCUT2D eigenvalue weighted by Crippen LogP contribution is -2.36. The highest BCUT2D eigenvalue weighted by Crippen LogP contribution is 2.30. The topological polar surface area (TPSA) is 70.5 Å². The maximum absolute atomic E-state index is 9.81. The van der Waals surface area contributed by atoms with Crippen LogP contribution in [0.3, 0.4) is 0 Å². The van der Waals surface area contributed by atoms with Crippen molar-refractivity contribution in [2.45, 2.75) is 37.8 Å². The molecule has 2 fully saturated rings. The van der Waals surface area contributed by atoms with Gasteiger partial charge >= 0.3 is 0 Å². The molecule has 3 heterocycles. The summed E-state index contributed by atoms with van der Waals surface area (Å²) in [5.41, 5.74) is 4.17. The summed E-state index contributed by atoms with van der Waals surface area (Å²) in [6.45, 7) is 3.43. The van der Waals surface area contributed by atoms with Gasteiger partial charge in [0.2, 0.25) is 0 Å². The minimum absolute atomic E-state index is 0.161. The normalized spacial score (nSPS) is 22.2. The Morgan fingerprint density at radius 2 is 1.77 bits per heavy atom. The van der Waals surface area contributed by atoms with E-state index in [1.165, 1.54) is 5.69 Å². The molecular weight excluding hydrogens is 376 g/mol. The average Bonchev–Trinajstić information content (AvgIpc) is 2.81. The van der Waals surface area contributed by atoms with Crippen molar-refractivity contribution in [1.82, 2.24) is 9.97 Å². The summed E-state index contributed by atoms with van der Waals surface area (Å²) in [6, 6.07) is 15.0. The van der Waals surface area contributed by atoms with E-state index in [1.54, 1.807) is 0 Å². The van der Waals surface area contributed by atoms with E-state index < -0.39 is 0 Å². The molecule has 30 heavy (non-hydrogen) atoms. The standard InChI is InChI=1S/C24H28N4O2/c29-20-9-5-18(6-10-20)26-24-21-2-1-11-25-23(21)16-22(27-24)17-3-7-19(8-4-17)28-12-14-30-15-13-28/h1-4,7-8,11,16,18,20,29H,5-6,9-10,12-15H2,(H,26,27)/t18-,20+. The van der Waals surface area contributed by atoms with Crippen LogP contribution in [0.1, 0.15) is 25.7 Å². The molecule has 1 saturated carbocycles. The Balaban J connectivity index is 1.44. The van der Waals surface area contributed by atoms with E-state index in [4.69, 9.17) is 9.72 Å². The number of nitrogens with zero attached hydrogens (tertiary/aromatic N) is 3. The number of nitrogens with one attached hydrogen (secondary N) is 1. The number of pyridine rings is 2. The third-order valence-corrected chi connectivity index (χ3v) is 6.18. The number of aliphatic hydroxyl groups excluding tert-OH is 1. The zero-order chi connectivity index (χ0) is 20.3. The molecule has 1 saturated heterocycles. The monoisotopic (exact) mass is 404 g/mol. The Bertz CT molecular complexity index is 994. The molecule has 1 aliphatic carbocycles. The Labute approximate surface area is 176 Å². The van der Waals surface area contributed by atoms with Gasteiger partial charge in [-0.3, -0.25) is 4.98 Å². The minimum Gasteiger partial charge on any atom is -0.393 e. The molecule has 5 rings (SSSR count). The third kappa shape index (κ3) is 4.11. The van der Waals surface area contributed by atoms with Gasteiger partial charge in [-0.15, -0.1) is 0 Å². The molecule has 2 aliphatic rings. The number of fused-ring (bicyclic) bond motifs is 1. The first-order valence-electron chi connectivity index (χ1n) is 10.9. The van der Waals surface area contributed by atoms with Gasteiger partial charge in [-0.1, -0.05) is 12.1 Å². The summed E-state index contributed by atoms with van der Waals surface area (Å²) in [6.07, 6.45) is 5.28. The van der Waals surface area contributed by atoms with Crippen molar-refractivity contribution in [3.05, 3.63) is 48.7 Å². The fourth-order valence-corrected chi connectivity index (χ4v) is 4.41. The Kier molecular flexibility index (Phi) is 5.51. The lowest BCUT2D eigenvalue weighted by Gasteiger charge is -2.29. The number of anilines is 2. The van der Waals surface area contributed by atoms with Gasteiger partial charge in [0.05, 0.1) is 30.5 Å². The lowest BCUT2D eigenvalue weighted by molar-refractivity contribution is 0.122. The second-order valence-electron chi connectivity index (χ2n) is 8.22. The fourth-order valence-electron chi connectivity index (χ4n) is 4.41. The van der Waals surface area contributed by atoms with Crippen LogP contribution in [0, 0.1) is 0 Å². The molecule has 0 bridgehead atoms. The molecule has 1 aromatic carbocycles. The molecule has 3 aromatic rings. The quantitative estimate of drug-likeness (QED) is 0.688. The van der Waals surface area contributed by atoms with Gasteiger partial charge in [0, 0.05) is 42.0 Å². The number of hydrogen-bond donors (Lipinski definition) is 2. The van der Waals surface area contributed by atoms with Gasteiger partial charge in [-0.05, 0) is 56.0 Å². The van der Waals surface area contributed by atoms with Crippen LogP contribution in [0.15, 0.2) is 48.7 Å². The largest absolute Gasteiger partial charge is 0.393 e. The summed E-state index contributed by atoms with van der Waals surface area (Å²) >= 11 is 0. The second kappa shape index (κ2) is 8.58. The van der Waals surface area contributed by atoms with Gasteiger partial charge in [-0.25, -0.2) is 4.98 Å². The van der Waals surface area contributed by atoms with Crippen LogP contribution in [0.5, 0.6) is 0 Å². The number of aliphatic hydroxyl groups is 1. The summed E-state index contributed by atoms with van der Waals surface area (Å²) < 4.78 is 5.46. The van der Waals surface area contributed by atoms with E-state index in [0.29, 0.717) is 6.04 Å². The van der Waals surface area contributed by atoms with Crippen LogP contribution in [0.4, 0.5) is 11.5 Å². The van der Waals surface area contributed by atoms with Crippen LogP contribution >= 0.6 is 0 Å². The van der Waals surface area contributed by atoms with Crippen LogP contribution in [0.2, 0.25) is 0 Å². The number of morpholine rings is 1. The van der Waals surface area contributed by atoms with Gasteiger partial charge in [0.25, 0.3) is 0 Å². The van der Waals surface area contributed by atoms with Gasteiger partial charge < -0.3 is 20.1 Å². The maximum atomic E-state index is 9.81. The molecule has 0 spiro atoms. The molecule has 6 heteroatoms. The van der Waals surface area contributed by atoms with Crippen LogP contribution in [-0.4, -0.2) is 53.5 Å². The minimum atomic E-state index is -0.161.